The van der Waals surface area contributed by atoms with Gasteiger partial charge in [0.1, 0.15) is 11.6 Å². The number of hydrogen-bond acceptors (Lipinski definition) is 6. The van der Waals surface area contributed by atoms with Gasteiger partial charge in [0.05, 0.1) is 24.6 Å². The summed E-state index contributed by atoms with van der Waals surface area (Å²) in [5.41, 5.74) is 2.16. The van der Waals surface area contributed by atoms with Crippen LogP contribution < -0.4 is 15.0 Å². The van der Waals surface area contributed by atoms with E-state index in [1.165, 1.54) is 4.68 Å². The Hall–Kier alpha value is -3.82. The summed E-state index contributed by atoms with van der Waals surface area (Å²) in [6.45, 7) is 2.04. The second kappa shape index (κ2) is 8.27. The fourth-order valence-corrected chi connectivity index (χ4v) is 4.53. The van der Waals surface area contributed by atoms with Gasteiger partial charge in [-0.3, -0.25) is 14.4 Å². The number of methoxy groups -OCH3 is 1. The Labute approximate surface area is 190 Å². The summed E-state index contributed by atoms with van der Waals surface area (Å²) in [5.74, 6) is -0.231. The standard InChI is InChI=1S/C23H24N6O4/c1-13-9-19(29(27-13)23-24-18-8-4-7-17(18)22(32)26-23)25-21(31)14-10-20(30)28(12-14)15-5-3-6-16(11-15)33-2/h3,5-6,9,11,14,17H,4,7-8,10,12H2,1-2H3,(H,25,31). The second-order valence-electron chi connectivity index (χ2n) is 8.48. The highest BCUT2D eigenvalue weighted by molar-refractivity contribution is 6.17. The Balaban J connectivity index is 1.34. The van der Waals surface area contributed by atoms with Crippen molar-refractivity contribution in [3.8, 4) is 5.75 Å². The summed E-state index contributed by atoms with van der Waals surface area (Å²) in [6, 6.07) is 8.88. The molecule has 2 fully saturated rings. The highest BCUT2D eigenvalue weighted by Crippen LogP contribution is 2.30. The predicted octanol–water partition coefficient (Wildman–Crippen LogP) is 2.18. The van der Waals surface area contributed by atoms with E-state index in [9.17, 15) is 14.4 Å². The van der Waals surface area contributed by atoms with Crippen LogP contribution in [-0.2, 0) is 14.4 Å². The lowest BCUT2D eigenvalue weighted by Crippen LogP contribution is -2.31. The largest absolute Gasteiger partial charge is 0.497 e. The van der Waals surface area contributed by atoms with Gasteiger partial charge < -0.3 is 15.0 Å². The second-order valence-corrected chi connectivity index (χ2v) is 8.48. The summed E-state index contributed by atoms with van der Waals surface area (Å²) >= 11 is 0. The van der Waals surface area contributed by atoms with Crippen molar-refractivity contribution in [2.24, 2.45) is 21.8 Å². The van der Waals surface area contributed by atoms with Gasteiger partial charge in [-0.2, -0.15) is 14.8 Å². The summed E-state index contributed by atoms with van der Waals surface area (Å²) in [5, 5.41) is 7.24. The number of rotatable bonds is 4. The third-order valence-electron chi connectivity index (χ3n) is 6.21. The van der Waals surface area contributed by atoms with Gasteiger partial charge in [0.2, 0.25) is 11.8 Å². The topological polar surface area (TPSA) is 118 Å². The molecule has 0 radical (unpaired) electrons. The van der Waals surface area contributed by atoms with Gasteiger partial charge in [-0.25, -0.2) is 4.99 Å². The number of carbonyl (C=O) groups excluding carboxylic acids is 3. The van der Waals surface area contributed by atoms with E-state index in [0.29, 0.717) is 22.9 Å². The number of ether oxygens (including phenoxy) is 1. The number of amides is 3. The van der Waals surface area contributed by atoms with Crippen LogP contribution in [0, 0.1) is 18.8 Å². The number of aryl methyl sites for hydroxylation is 1. The molecule has 1 N–H and O–H groups in total. The molecule has 170 valence electrons. The van der Waals surface area contributed by atoms with Crippen molar-refractivity contribution in [1.82, 2.24) is 9.78 Å². The maximum Gasteiger partial charge on any atom is 0.257 e. The molecule has 2 aromatic rings. The van der Waals surface area contributed by atoms with Crippen molar-refractivity contribution in [3.63, 3.8) is 0 Å². The zero-order valence-corrected chi connectivity index (χ0v) is 18.4. The van der Waals surface area contributed by atoms with E-state index in [1.54, 1.807) is 43.2 Å². The zero-order valence-electron chi connectivity index (χ0n) is 18.4. The Morgan fingerprint density at radius 2 is 2.06 bits per heavy atom. The first kappa shape index (κ1) is 21.0. The third kappa shape index (κ3) is 3.92. The number of aliphatic imine (C=N–C) groups is 2. The molecule has 3 amide bonds. The molecule has 1 saturated heterocycles. The fraction of sp³-hybridized carbons (Fsp3) is 0.391. The van der Waals surface area contributed by atoms with Crippen molar-refractivity contribution in [3.05, 3.63) is 36.0 Å². The van der Waals surface area contributed by atoms with Gasteiger partial charge in [-0.05, 0) is 38.3 Å². The monoisotopic (exact) mass is 448 g/mol. The summed E-state index contributed by atoms with van der Waals surface area (Å²) in [4.78, 5) is 48.3. The van der Waals surface area contributed by atoms with E-state index in [-0.39, 0.29) is 42.6 Å². The Morgan fingerprint density at radius 1 is 1.21 bits per heavy atom. The van der Waals surface area contributed by atoms with Gasteiger partial charge in [0, 0.05) is 36.5 Å². The van der Waals surface area contributed by atoms with E-state index in [0.717, 1.165) is 25.0 Å². The summed E-state index contributed by atoms with van der Waals surface area (Å²) < 4.78 is 6.63. The molecular formula is C23H24N6O4. The van der Waals surface area contributed by atoms with Crippen LogP contribution in [0.2, 0.25) is 0 Å². The third-order valence-corrected chi connectivity index (χ3v) is 6.21. The molecule has 3 heterocycles. The van der Waals surface area contributed by atoms with Crippen molar-refractivity contribution in [2.45, 2.75) is 32.6 Å². The van der Waals surface area contributed by atoms with E-state index in [2.05, 4.69) is 20.4 Å². The smallest absolute Gasteiger partial charge is 0.257 e. The predicted molar refractivity (Wildman–Crippen MR) is 122 cm³/mol. The average molecular weight is 448 g/mol. The molecule has 1 aliphatic carbocycles. The first-order valence-corrected chi connectivity index (χ1v) is 11.0. The SMILES string of the molecule is COc1cccc(N2CC(C(=O)Nc3cc(C)nn3C3=NC(=O)C4CCCC4=N3)CC2=O)c1. The van der Waals surface area contributed by atoms with Crippen LogP contribution in [0.25, 0.3) is 0 Å². The van der Waals surface area contributed by atoms with Crippen LogP contribution in [0.15, 0.2) is 40.3 Å². The minimum Gasteiger partial charge on any atom is -0.497 e. The van der Waals surface area contributed by atoms with Crippen LogP contribution in [0.5, 0.6) is 5.75 Å². The molecule has 0 spiro atoms. The molecule has 1 saturated carbocycles. The molecule has 10 heteroatoms. The van der Waals surface area contributed by atoms with E-state index >= 15 is 0 Å². The van der Waals surface area contributed by atoms with Gasteiger partial charge in [-0.1, -0.05) is 6.07 Å². The van der Waals surface area contributed by atoms with Crippen molar-refractivity contribution in [1.29, 1.82) is 0 Å². The Bertz CT molecular complexity index is 1210. The minimum atomic E-state index is -0.534. The molecule has 2 atom stereocenters. The Morgan fingerprint density at radius 3 is 2.88 bits per heavy atom. The summed E-state index contributed by atoms with van der Waals surface area (Å²) in [7, 11) is 1.56. The fourth-order valence-electron chi connectivity index (χ4n) is 4.53. The minimum absolute atomic E-state index is 0.0968. The lowest BCUT2D eigenvalue weighted by atomic mass is 10.1. The van der Waals surface area contributed by atoms with Crippen LogP contribution in [0.4, 0.5) is 11.5 Å². The quantitative estimate of drug-likeness (QED) is 0.769. The Kier molecular flexibility index (Phi) is 5.27. The van der Waals surface area contributed by atoms with Crippen LogP contribution in [0.1, 0.15) is 31.4 Å². The molecule has 1 aromatic carbocycles. The van der Waals surface area contributed by atoms with Gasteiger partial charge in [0.15, 0.2) is 0 Å². The van der Waals surface area contributed by atoms with E-state index < -0.39 is 5.92 Å². The molecule has 2 unspecified atom stereocenters. The maximum absolute atomic E-state index is 13.1. The van der Waals surface area contributed by atoms with E-state index in [1.807, 2.05) is 6.07 Å². The number of carbonyl (C=O) groups is 3. The number of anilines is 2. The molecule has 3 aliphatic rings. The molecule has 10 nitrogen and oxygen atoms in total. The van der Waals surface area contributed by atoms with Crippen LogP contribution in [-0.4, -0.2) is 52.8 Å². The zero-order chi connectivity index (χ0) is 23.1. The first-order chi connectivity index (χ1) is 15.9. The normalized spacial score (nSPS) is 22.2. The first-order valence-electron chi connectivity index (χ1n) is 11.0. The highest BCUT2D eigenvalue weighted by Gasteiger charge is 2.37. The van der Waals surface area contributed by atoms with Crippen molar-refractivity contribution < 1.29 is 19.1 Å². The average Bonchev–Trinajstić information content (AvgIpc) is 3.52. The summed E-state index contributed by atoms with van der Waals surface area (Å²) in [6.07, 6.45) is 2.55. The lowest BCUT2D eigenvalue weighted by Gasteiger charge is -2.18. The molecular weight excluding hydrogens is 424 g/mol. The number of benzene rings is 1. The molecule has 2 aliphatic heterocycles. The number of hydrogen-bond donors (Lipinski definition) is 1. The number of nitrogens with zero attached hydrogens (tertiary/aromatic N) is 5. The highest BCUT2D eigenvalue weighted by atomic mass is 16.5. The molecule has 1 aromatic heterocycles. The molecule has 5 rings (SSSR count). The van der Waals surface area contributed by atoms with E-state index in [4.69, 9.17) is 4.74 Å². The lowest BCUT2D eigenvalue weighted by molar-refractivity contribution is -0.122. The van der Waals surface area contributed by atoms with Gasteiger partial charge in [-0.15, -0.1) is 0 Å². The molecule has 33 heavy (non-hydrogen) atoms. The van der Waals surface area contributed by atoms with Gasteiger partial charge in [0.25, 0.3) is 11.9 Å². The molecule has 0 bridgehead atoms. The van der Waals surface area contributed by atoms with Gasteiger partial charge >= 0.3 is 0 Å². The van der Waals surface area contributed by atoms with Crippen molar-refractivity contribution >= 4 is 40.9 Å². The number of aromatic nitrogens is 2. The number of fused-ring (bicyclic) bond motifs is 1. The van der Waals surface area contributed by atoms with Crippen LogP contribution in [0.3, 0.4) is 0 Å². The van der Waals surface area contributed by atoms with Crippen molar-refractivity contribution in [2.75, 3.05) is 23.9 Å². The maximum atomic E-state index is 13.1. The van der Waals surface area contributed by atoms with Crippen LogP contribution >= 0.6 is 0 Å². The number of nitrogens with one attached hydrogen (secondary N) is 1.